The van der Waals surface area contributed by atoms with Crippen LogP contribution in [0, 0.1) is 166 Å². The van der Waals surface area contributed by atoms with Gasteiger partial charge in [0.05, 0.1) is 0 Å². The Kier molecular flexibility index (Phi) is 39.0. The Morgan fingerprint density at radius 2 is 0.580 bits per heavy atom. The first kappa shape index (κ1) is 80.1. The lowest BCUT2D eigenvalue weighted by Gasteiger charge is -2.22. The van der Waals surface area contributed by atoms with Crippen molar-refractivity contribution in [2.45, 2.75) is 222 Å². The predicted molar refractivity (Wildman–Crippen MR) is 369 cm³/mol. The van der Waals surface area contributed by atoms with Crippen LogP contribution < -0.4 is 0 Å². The fourth-order valence-corrected chi connectivity index (χ4v) is 9.25. The summed E-state index contributed by atoms with van der Waals surface area (Å²) < 4.78 is 88.4. The highest BCUT2D eigenvalue weighted by Crippen LogP contribution is 2.28. The molecule has 4 aliphatic carbocycles. The summed E-state index contributed by atoms with van der Waals surface area (Å²) >= 11 is 0. The van der Waals surface area contributed by atoms with Crippen LogP contribution in [-0.4, -0.2) is 0 Å². The first-order chi connectivity index (χ1) is 41.2. The summed E-state index contributed by atoms with van der Waals surface area (Å²) in [6.07, 6.45) is 26.2. The van der Waals surface area contributed by atoms with Gasteiger partial charge in [-0.15, -0.1) is 0 Å². The van der Waals surface area contributed by atoms with Gasteiger partial charge < -0.3 is 0 Å². The smallest absolute Gasteiger partial charge is 0.161 e. The lowest BCUT2D eigenvalue weighted by atomic mass is 9.84. The van der Waals surface area contributed by atoms with E-state index in [4.69, 9.17) is 0 Å². The molecule has 88 heavy (non-hydrogen) atoms. The summed E-state index contributed by atoms with van der Waals surface area (Å²) in [5.74, 6) is 2.85. The highest BCUT2D eigenvalue weighted by molar-refractivity contribution is 5.31. The van der Waals surface area contributed by atoms with Crippen LogP contribution in [0.2, 0.25) is 0 Å². The fraction of sp³-hybridized carbons (Fsp3) is 0.481. The monoisotopic (exact) mass is 1220 g/mol. The summed E-state index contributed by atoms with van der Waals surface area (Å²) in [7, 11) is 0. The summed E-state index contributed by atoms with van der Waals surface area (Å²) in [6.45, 7) is 41.6. The number of halogens is 7. The van der Waals surface area contributed by atoms with Gasteiger partial charge in [0.2, 0.25) is 0 Å². The fourth-order valence-electron chi connectivity index (χ4n) is 9.25. The molecule has 1 fully saturated rings. The van der Waals surface area contributed by atoms with E-state index in [-0.39, 0.29) is 24.4 Å². The molecule has 4 unspecified atom stereocenters. The molecule has 4 atom stereocenters. The Bertz CT molecular complexity index is 2800. The van der Waals surface area contributed by atoms with Crippen LogP contribution in [0.1, 0.15) is 206 Å². The molecule has 0 radical (unpaired) electrons. The van der Waals surface area contributed by atoms with Crippen molar-refractivity contribution < 1.29 is 32.2 Å². The van der Waals surface area contributed by atoms with E-state index in [0.717, 1.165) is 63.3 Å². The van der Waals surface area contributed by atoms with Crippen LogP contribution >= 0.6 is 0 Å². The van der Waals surface area contributed by atoms with Gasteiger partial charge in [-0.2, -0.15) is 0 Å². The molecule has 0 heterocycles. The van der Waals surface area contributed by atoms with Gasteiger partial charge in [-0.05, 0) is 277 Å². The van der Waals surface area contributed by atoms with Gasteiger partial charge in [-0.3, -0.25) is 0 Å². The first-order valence-electron chi connectivity index (χ1n) is 32.2. The minimum atomic E-state index is -0.736. The summed E-state index contributed by atoms with van der Waals surface area (Å²) in [4.78, 5) is 0. The molecule has 4 aliphatic rings. The van der Waals surface area contributed by atoms with Crippen LogP contribution in [0.3, 0.4) is 0 Å². The molecule has 0 aromatic heterocycles. The Hall–Kier alpha value is -5.95. The van der Waals surface area contributed by atoms with Gasteiger partial charge in [0.25, 0.3) is 0 Å². The third kappa shape index (κ3) is 35.3. The zero-order valence-electron chi connectivity index (χ0n) is 58.1. The third-order valence-corrected chi connectivity index (χ3v) is 16.5. The molecule has 0 nitrogen and oxygen atoms in total. The normalized spacial score (nSPS) is 18.7. The number of hydrogen-bond donors (Lipinski definition) is 0. The van der Waals surface area contributed by atoms with Gasteiger partial charge >= 0.3 is 0 Å². The summed E-state index contributed by atoms with van der Waals surface area (Å²) in [5.41, 5.74) is 13.4. The topological polar surface area (TPSA) is 0 Å². The minimum Gasteiger partial charge on any atom is -0.207 e. The van der Waals surface area contributed by atoms with Crippen molar-refractivity contribution in [1.29, 1.82) is 0 Å². The van der Waals surface area contributed by atoms with Crippen LogP contribution in [0.4, 0.5) is 30.7 Å². The minimum absolute atomic E-state index is 0. The van der Waals surface area contributed by atoms with E-state index in [1.807, 2.05) is 45.9 Å². The van der Waals surface area contributed by atoms with E-state index in [1.54, 1.807) is 69.2 Å². The Balaban J connectivity index is 0.000000967. The molecule has 0 amide bonds. The Morgan fingerprint density at radius 1 is 0.284 bits per heavy atom. The van der Waals surface area contributed by atoms with Crippen molar-refractivity contribution in [3.05, 3.63) is 246 Å². The molecule has 488 valence electrons. The number of benzene rings is 6. The van der Waals surface area contributed by atoms with Gasteiger partial charge in [-0.1, -0.05) is 181 Å². The van der Waals surface area contributed by atoms with E-state index in [2.05, 4.69) is 118 Å². The van der Waals surface area contributed by atoms with Gasteiger partial charge in [0, 0.05) is 6.99 Å². The van der Waals surface area contributed by atoms with Crippen LogP contribution in [0.15, 0.2) is 133 Å². The molecule has 10 rings (SSSR count). The molecule has 7 heteroatoms. The molecule has 6 aromatic carbocycles. The van der Waals surface area contributed by atoms with Crippen LogP contribution in [0.5, 0.6) is 0 Å². The molecule has 0 N–H and O–H groups in total. The molecular formula is C81H115F7. The zero-order valence-corrected chi connectivity index (χ0v) is 58.1. The van der Waals surface area contributed by atoms with Crippen LogP contribution in [-0.2, 0) is 0 Å². The molecular weight excluding hydrogens is 1110 g/mol. The summed E-state index contributed by atoms with van der Waals surface area (Å²) in [5, 5.41) is 0. The number of hydrogen-bond acceptors (Lipinski definition) is 0. The first-order valence-corrected chi connectivity index (χ1v) is 32.2. The maximum absolute atomic E-state index is 12.8. The largest absolute Gasteiger partial charge is 0.207 e. The van der Waals surface area contributed by atoms with Crippen molar-refractivity contribution in [2.75, 3.05) is 0 Å². The van der Waals surface area contributed by atoms with E-state index in [9.17, 15) is 30.7 Å². The van der Waals surface area contributed by atoms with Gasteiger partial charge in [0.15, 0.2) is 11.6 Å². The van der Waals surface area contributed by atoms with Gasteiger partial charge in [-0.25, -0.2) is 30.7 Å². The van der Waals surface area contributed by atoms with Crippen molar-refractivity contribution in [2.24, 2.45) is 35.5 Å². The molecule has 0 aliphatic heterocycles. The van der Waals surface area contributed by atoms with E-state index < -0.39 is 23.3 Å². The van der Waals surface area contributed by atoms with Crippen molar-refractivity contribution >= 4 is 0 Å². The summed E-state index contributed by atoms with van der Waals surface area (Å²) in [6, 6.07) is 28.2. The second-order valence-corrected chi connectivity index (χ2v) is 26.2. The maximum atomic E-state index is 12.8. The van der Waals surface area contributed by atoms with Crippen molar-refractivity contribution in [1.82, 2.24) is 0 Å². The standard InChI is InChI=1S/C9H11F.2C8H8F2.2C8H9F.C8H16.3C8H14.C8H10.H2/c1-6-4-7(2)8(3)9(10)5-6;1-5-3-7(9)6(2)8(10)4-5;1-5-3-4-6(2)8(10)7(5)9;2*1-6-3-4-7(2)8(9)5-6;5*1-7-3-5-8(2)6-4-7;/h4-5H,1-3H3;2*3-4H,1-2H3;2*3-5H,1-2H3;7-8H,3-6H2,1-2H3;2*3,8H,4-6H2,1-2H3;3,5,7-8H,4,6H2,1-2H3;3-6H,1-2H3;1H. The van der Waals surface area contributed by atoms with Crippen molar-refractivity contribution in [3.63, 3.8) is 0 Å². The predicted octanol–water partition coefficient (Wildman–Crippen LogP) is 26.3. The van der Waals surface area contributed by atoms with E-state index >= 15 is 0 Å². The lowest BCUT2D eigenvalue weighted by Crippen LogP contribution is -2.08. The SMILES string of the molecule is CC1=CCC(C)CC1.CC1=CCC(C)CC1.CC1C=CC(C)CC1.CC1CCC(C)CC1.Cc1cc(C)c(C)c(F)c1.Cc1cc(F)c(C)c(F)c1.Cc1ccc(C)c(F)c1.Cc1ccc(C)c(F)c1.Cc1ccc(C)c(F)c1F.Cc1ccc(C)cc1.[HH]. The van der Waals surface area contributed by atoms with E-state index in [0.29, 0.717) is 27.8 Å². The maximum Gasteiger partial charge on any atom is 0.161 e. The average Bonchev–Trinajstić information content (AvgIpc) is 3.10. The Morgan fingerprint density at radius 3 is 0.852 bits per heavy atom. The highest BCUT2D eigenvalue weighted by Gasteiger charge is 2.14. The molecule has 0 bridgehead atoms. The Labute approximate surface area is 533 Å². The quantitative estimate of drug-likeness (QED) is 0.105. The highest BCUT2D eigenvalue weighted by atomic mass is 19.2. The molecule has 6 aromatic rings. The number of rotatable bonds is 0. The average molecular weight is 1220 g/mol. The number of aryl methyl sites for hydroxylation is 11. The molecule has 1 saturated carbocycles. The van der Waals surface area contributed by atoms with Gasteiger partial charge in [0.1, 0.15) is 29.1 Å². The molecule has 0 saturated heterocycles. The number of allylic oxidation sites excluding steroid dienone is 6. The lowest BCUT2D eigenvalue weighted by molar-refractivity contribution is 0.308. The van der Waals surface area contributed by atoms with Crippen molar-refractivity contribution in [3.8, 4) is 0 Å². The second kappa shape index (κ2) is 42.9. The zero-order chi connectivity index (χ0) is 66.8. The third-order valence-electron chi connectivity index (χ3n) is 16.5. The van der Waals surface area contributed by atoms with E-state index in [1.165, 1.54) is 133 Å². The van der Waals surface area contributed by atoms with Crippen LogP contribution in [0.25, 0.3) is 0 Å². The molecule has 0 spiro atoms. The second-order valence-electron chi connectivity index (χ2n) is 26.2.